The van der Waals surface area contributed by atoms with E-state index in [-0.39, 0.29) is 5.54 Å². The number of hydrogen-bond donors (Lipinski definition) is 1. The molecule has 5 nitrogen and oxygen atoms in total. The molecule has 1 saturated heterocycles. The van der Waals surface area contributed by atoms with Crippen molar-refractivity contribution in [1.82, 2.24) is 13.9 Å². The van der Waals surface area contributed by atoms with Crippen molar-refractivity contribution >= 4 is 10.2 Å². The lowest BCUT2D eigenvalue weighted by Crippen LogP contribution is -2.49. The Morgan fingerprint density at radius 1 is 1.41 bits per heavy atom. The summed E-state index contributed by atoms with van der Waals surface area (Å²) < 4.78 is 27.9. The Hall–Kier alpha value is -0.170. The van der Waals surface area contributed by atoms with Crippen molar-refractivity contribution in [2.45, 2.75) is 38.6 Å². The van der Waals surface area contributed by atoms with Crippen LogP contribution in [0.25, 0.3) is 0 Å². The molecule has 6 heteroatoms. The summed E-state index contributed by atoms with van der Waals surface area (Å²) in [6.07, 6.45) is 2.73. The molecule has 0 atom stereocenters. The van der Waals surface area contributed by atoms with Gasteiger partial charge in [0.25, 0.3) is 10.2 Å². The van der Waals surface area contributed by atoms with Crippen LogP contribution in [0.4, 0.5) is 0 Å². The van der Waals surface area contributed by atoms with Crippen molar-refractivity contribution in [3.8, 4) is 0 Å². The van der Waals surface area contributed by atoms with Crippen LogP contribution in [-0.4, -0.2) is 56.3 Å². The van der Waals surface area contributed by atoms with Crippen LogP contribution in [0.3, 0.4) is 0 Å². The van der Waals surface area contributed by atoms with Gasteiger partial charge in [-0.1, -0.05) is 0 Å². The molecule has 0 aromatic carbocycles. The number of hydrogen-bond acceptors (Lipinski definition) is 3. The molecule has 0 aliphatic carbocycles. The fourth-order valence-corrected chi connectivity index (χ4v) is 4.04. The zero-order valence-electron chi connectivity index (χ0n) is 11.4. The molecule has 0 saturated carbocycles. The third kappa shape index (κ3) is 3.40. The zero-order valence-corrected chi connectivity index (χ0v) is 12.2. The maximum atomic E-state index is 12.4. The van der Waals surface area contributed by atoms with Crippen LogP contribution in [-0.2, 0) is 10.2 Å². The lowest BCUT2D eigenvalue weighted by molar-refractivity contribution is 0.269. The van der Waals surface area contributed by atoms with Gasteiger partial charge in [-0.25, -0.2) is 0 Å². The molecular formula is C11H25N3O2S. The zero-order chi connectivity index (χ0) is 13.1. The van der Waals surface area contributed by atoms with Crippen molar-refractivity contribution in [3.63, 3.8) is 0 Å². The maximum Gasteiger partial charge on any atom is 0.282 e. The molecule has 0 bridgehead atoms. The van der Waals surface area contributed by atoms with E-state index in [4.69, 9.17) is 0 Å². The average molecular weight is 263 g/mol. The fraction of sp³-hybridized carbons (Fsp3) is 1.00. The summed E-state index contributed by atoms with van der Waals surface area (Å²) >= 11 is 0. The molecule has 0 unspecified atom stereocenters. The molecule has 102 valence electrons. The Bertz CT molecular complexity index is 341. The molecular weight excluding hydrogens is 238 g/mol. The minimum atomic E-state index is -3.29. The number of rotatable bonds is 6. The maximum absolute atomic E-state index is 12.4. The van der Waals surface area contributed by atoms with Crippen molar-refractivity contribution in [2.24, 2.45) is 0 Å². The predicted octanol–water partition coefficient (Wildman–Crippen LogP) is 0.647. The van der Waals surface area contributed by atoms with E-state index in [2.05, 4.69) is 5.32 Å². The molecule has 1 heterocycles. The fourth-order valence-electron chi connectivity index (χ4n) is 2.27. The summed E-state index contributed by atoms with van der Waals surface area (Å²) in [4.78, 5) is 0. The minimum absolute atomic E-state index is 0.240. The van der Waals surface area contributed by atoms with Crippen LogP contribution in [0.1, 0.15) is 33.1 Å². The first-order valence-electron chi connectivity index (χ1n) is 6.21. The SMILES string of the molecule is CNCCCN(C)S(=O)(=O)N1CCCC1(C)C. The van der Waals surface area contributed by atoms with E-state index in [1.807, 2.05) is 20.9 Å². The quantitative estimate of drug-likeness (QED) is 0.716. The first kappa shape index (κ1) is 14.9. The third-order valence-corrected chi connectivity index (χ3v) is 5.60. The van der Waals surface area contributed by atoms with E-state index in [0.717, 1.165) is 25.8 Å². The van der Waals surface area contributed by atoms with Gasteiger partial charge in [-0.3, -0.25) is 0 Å². The summed E-state index contributed by atoms with van der Waals surface area (Å²) in [6.45, 7) is 6.04. The summed E-state index contributed by atoms with van der Waals surface area (Å²) in [6, 6.07) is 0. The molecule has 0 spiro atoms. The van der Waals surface area contributed by atoms with Gasteiger partial charge in [0.05, 0.1) is 0 Å². The summed E-state index contributed by atoms with van der Waals surface area (Å²) in [5.74, 6) is 0. The van der Waals surface area contributed by atoms with Gasteiger partial charge in [-0.05, 0) is 46.7 Å². The van der Waals surface area contributed by atoms with Gasteiger partial charge in [0, 0.05) is 25.7 Å². The van der Waals surface area contributed by atoms with E-state index >= 15 is 0 Å². The second kappa shape index (κ2) is 5.65. The predicted molar refractivity (Wildman–Crippen MR) is 70.1 cm³/mol. The van der Waals surface area contributed by atoms with Gasteiger partial charge in [0.2, 0.25) is 0 Å². The lowest BCUT2D eigenvalue weighted by atomic mass is 10.0. The van der Waals surface area contributed by atoms with Crippen LogP contribution in [0.5, 0.6) is 0 Å². The van der Waals surface area contributed by atoms with Crippen LogP contribution in [0, 0.1) is 0 Å². The van der Waals surface area contributed by atoms with Gasteiger partial charge < -0.3 is 5.32 Å². The Balaban J connectivity index is 2.67. The first-order valence-corrected chi connectivity index (χ1v) is 7.61. The second-order valence-corrected chi connectivity index (χ2v) is 7.23. The van der Waals surface area contributed by atoms with E-state index in [1.165, 1.54) is 4.31 Å². The number of nitrogens with zero attached hydrogens (tertiary/aromatic N) is 2. The van der Waals surface area contributed by atoms with E-state index < -0.39 is 10.2 Å². The van der Waals surface area contributed by atoms with Crippen LogP contribution in [0.2, 0.25) is 0 Å². The summed E-state index contributed by atoms with van der Waals surface area (Å²) in [5, 5.41) is 3.03. The largest absolute Gasteiger partial charge is 0.320 e. The molecule has 17 heavy (non-hydrogen) atoms. The van der Waals surface area contributed by atoms with Crippen molar-refractivity contribution in [1.29, 1.82) is 0 Å². The molecule has 0 amide bonds. The topological polar surface area (TPSA) is 52.7 Å². The molecule has 0 aromatic heterocycles. The second-order valence-electron chi connectivity index (χ2n) is 5.27. The van der Waals surface area contributed by atoms with E-state index in [1.54, 1.807) is 11.4 Å². The van der Waals surface area contributed by atoms with Crippen molar-refractivity contribution in [2.75, 3.05) is 33.7 Å². The first-order chi connectivity index (χ1) is 7.82. The van der Waals surface area contributed by atoms with Gasteiger partial charge >= 0.3 is 0 Å². The third-order valence-electron chi connectivity index (χ3n) is 3.40. The summed E-state index contributed by atoms with van der Waals surface area (Å²) in [5.41, 5.74) is -0.240. The Morgan fingerprint density at radius 3 is 2.53 bits per heavy atom. The normalized spacial score (nSPS) is 21.2. The highest BCUT2D eigenvalue weighted by Gasteiger charge is 2.41. The molecule has 1 aliphatic rings. The van der Waals surface area contributed by atoms with Gasteiger partial charge in [0.1, 0.15) is 0 Å². The molecule has 0 radical (unpaired) electrons. The Morgan fingerprint density at radius 2 is 2.06 bits per heavy atom. The molecule has 0 aromatic rings. The highest BCUT2D eigenvalue weighted by atomic mass is 32.2. The molecule has 1 fully saturated rings. The minimum Gasteiger partial charge on any atom is -0.320 e. The van der Waals surface area contributed by atoms with Gasteiger partial charge in [-0.15, -0.1) is 0 Å². The molecule has 1 aliphatic heterocycles. The average Bonchev–Trinajstić information content (AvgIpc) is 2.58. The molecule has 1 rings (SSSR count). The lowest BCUT2D eigenvalue weighted by Gasteiger charge is -2.33. The van der Waals surface area contributed by atoms with Crippen molar-refractivity contribution < 1.29 is 8.42 Å². The van der Waals surface area contributed by atoms with Crippen molar-refractivity contribution in [3.05, 3.63) is 0 Å². The smallest absolute Gasteiger partial charge is 0.282 e. The van der Waals surface area contributed by atoms with Crippen LogP contribution >= 0.6 is 0 Å². The molecule has 1 N–H and O–H groups in total. The highest BCUT2D eigenvalue weighted by Crippen LogP contribution is 2.31. The van der Waals surface area contributed by atoms with E-state index in [9.17, 15) is 8.42 Å². The summed E-state index contributed by atoms with van der Waals surface area (Å²) in [7, 11) is 0.251. The Labute approximate surface area is 105 Å². The highest BCUT2D eigenvalue weighted by molar-refractivity contribution is 7.86. The monoisotopic (exact) mass is 263 g/mol. The Kier molecular flexibility index (Phi) is 4.95. The van der Waals surface area contributed by atoms with Gasteiger partial charge in [-0.2, -0.15) is 17.0 Å². The van der Waals surface area contributed by atoms with Crippen LogP contribution < -0.4 is 5.32 Å². The standard InChI is InChI=1S/C11H25N3O2S/c1-11(2)7-5-10-14(11)17(15,16)13(4)9-6-8-12-3/h12H,5-10H2,1-4H3. The van der Waals surface area contributed by atoms with Gasteiger partial charge in [0.15, 0.2) is 0 Å². The van der Waals surface area contributed by atoms with Crippen LogP contribution in [0.15, 0.2) is 0 Å². The number of nitrogens with one attached hydrogen (secondary N) is 1. The van der Waals surface area contributed by atoms with E-state index in [0.29, 0.717) is 13.1 Å².